The van der Waals surface area contributed by atoms with Gasteiger partial charge in [-0.15, -0.1) is 0 Å². The van der Waals surface area contributed by atoms with Crippen molar-refractivity contribution in [3.8, 4) is 0 Å². The summed E-state index contributed by atoms with van der Waals surface area (Å²) in [4.78, 5) is 2.63. The summed E-state index contributed by atoms with van der Waals surface area (Å²) in [5, 5.41) is 3.60. The fraction of sp³-hybridized carbons (Fsp3) is 0.667. The molecule has 0 amide bonds. The third kappa shape index (κ3) is 3.76. The summed E-state index contributed by atoms with van der Waals surface area (Å²) >= 11 is 0. The van der Waals surface area contributed by atoms with Crippen LogP contribution in [0.15, 0.2) is 18.2 Å². The Morgan fingerprint density at radius 3 is 2.85 bits per heavy atom. The van der Waals surface area contributed by atoms with Gasteiger partial charge in [-0.05, 0) is 50.3 Å². The highest BCUT2D eigenvalue weighted by Gasteiger charge is 2.24. The van der Waals surface area contributed by atoms with E-state index in [9.17, 15) is 0 Å². The van der Waals surface area contributed by atoms with E-state index in [0.717, 1.165) is 19.1 Å². The van der Waals surface area contributed by atoms with Crippen molar-refractivity contribution >= 4 is 5.69 Å². The molecule has 1 aliphatic rings. The Balaban J connectivity index is 2.14. The maximum absolute atomic E-state index is 3.60. The van der Waals surface area contributed by atoms with Crippen LogP contribution < -0.4 is 10.2 Å². The summed E-state index contributed by atoms with van der Waals surface area (Å²) in [5.41, 5.74) is 4.28. The van der Waals surface area contributed by atoms with Gasteiger partial charge in [0, 0.05) is 24.8 Å². The molecular formula is C18H30N2. The first-order valence-electron chi connectivity index (χ1n) is 8.18. The molecule has 112 valence electrons. The zero-order chi connectivity index (χ0) is 14.5. The average Bonchev–Trinajstić information content (AvgIpc) is 2.86. The highest BCUT2D eigenvalue weighted by molar-refractivity contribution is 5.56. The minimum atomic E-state index is 0.707. The highest BCUT2D eigenvalue weighted by Crippen LogP contribution is 2.30. The largest absolute Gasteiger partial charge is 0.368 e. The third-order valence-electron chi connectivity index (χ3n) is 4.26. The van der Waals surface area contributed by atoms with Gasteiger partial charge in [-0.2, -0.15) is 0 Å². The van der Waals surface area contributed by atoms with Crippen LogP contribution in [-0.4, -0.2) is 19.1 Å². The zero-order valence-electron chi connectivity index (χ0n) is 13.6. The lowest BCUT2D eigenvalue weighted by atomic mass is 10.1. The van der Waals surface area contributed by atoms with E-state index >= 15 is 0 Å². The lowest BCUT2D eigenvalue weighted by Gasteiger charge is -2.28. The van der Waals surface area contributed by atoms with Crippen LogP contribution in [0.3, 0.4) is 0 Å². The Hall–Kier alpha value is -1.02. The number of anilines is 1. The molecule has 0 saturated carbocycles. The van der Waals surface area contributed by atoms with Crippen molar-refractivity contribution in [2.45, 2.75) is 59.5 Å². The first-order chi connectivity index (χ1) is 9.61. The van der Waals surface area contributed by atoms with Crippen LogP contribution in [0.1, 0.15) is 51.2 Å². The second kappa shape index (κ2) is 7.12. The predicted molar refractivity (Wildman–Crippen MR) is 88.4 cm³/mol. The van der Waals surface area contributed by atoms with E-state index in [2.05, 4.69) is 56.1 Å². The summed E-state index contributed by atoms with van der Waals surface area (Å²) in [6.45, 7) is 12.3. The van der Waals surface area contributed by atoms with Crippen LogP contribution in [0.2, 0.25) is 0 Å². The highest BCUT2D eigenvalue weighted by atomic mass is 15.2. The molecule has 1 saturated heterocycles. The van der Waals surface area contributed by atoms with Crippen molar-refractivity contribution in [3.05, 3.63) is 29.3 Å². The number of aryl methyl sites for hydroxylation is 1. The lowest BCUT2D eigenvalue weighted by Crippen LogP contribution is -2.30. The minimum Gasteiger partial charge on any atom is -0.368 e. The fourth-order valence-corrected chi connectivity index (χ4v) is 3.21. The Morgan fingerprint density at radius 1 is 1.35 bits per heavy atom. The monoisotopic (exact) mass is 274 g/mol. The summed E-state index contributed by atoms with van der Waals surface area (Å²) < 4.78 is 0. The molecule has 1 atom stereocenters. The molecule has 1 unspecified atom stereocenters. The van der Waals surface area contributed by atoms with Crippen LogP contribution in [0, 0.1) is 12.8 Å². The molecule has 1 aliphatic heterocycles. The van der Waals surface area contributed by atoms with E-state index in [4.69, 9.17) is 0 Å². The fourth-order valence-electron chi connectivity index (χ4n) is 3.21. The van der Waals surface area contributed by atoms with Crippen molar-refractivity contribution in [1.82, 2.24) is 5.32 Å². The van der Waals surface area contributed by atoms with Gasteiger partial charge in [0.2, 0.25) is 0 Å². The van der Waals surface area contributed by atoms with Gasteiger partial charge in [-0.25, -0.2) is 0 Å². The van der Waals surface area contributed by atoms with E-state index in [-0.39, 0.29) is 0 Å². The Labute approximate surface area is 124 Å². The molecule has 0 radical (unpaired) electrons. The average molecular weight is 274 g/mol. The third-order valence-corrected chi connectivity index (χ3v) is 4.26. The smallest absolute Gasteiger partial charge is 0.0414 e. The SMILES string of the molecule is CCC1CCCN1c1ccc(C)cc1CNCC(C)C. The van der Waals surface area contributed by atoms with Gasteiger partial charge in [0.15, 0.2) is 0 Å². The number of nitrogens with one attached hydrogen (secondary N) is 1. The molecule has 1 aromatic rings. The van der Waals surface area contributed by atoms with Gasteiger partial charge < -0.3 is 10.2 Å². The Morgan fingerprint density at radius 2 is 2.15 bits per heavy atom. The molecule has 1 aromatic carbocycles. The van der Waals surface area contributed by atoms with Crippen LogP contribution >= 0.6 is 0 Å². The van der Waals surface area contributed by atoms with E-state index < -0.39 is 0 Å². The standard InChI is InChI=1S/C18H30N2/c1-5-17-7-6-10-20(17)18-9-8-15(4)11-16(18)13-19-12-14(2)3/h8-9,11,14,17,19H,5-7,10,12-13H2,1-4H3. The summed E-state index contributed by atoms with van der Waals surface area (Å²) in [6, 6.07) is 7.68. The molecule has 0 aliphatic carbocycles. The molecular weight excluding hydrogens is 244 g/mol. The maximum atomic E-state index is 3.60. The lowest BCUT2D eigenvalue weighted by molar-refractivity contribution is 0.551. The van der Waals surface area contributed by atoms with Gasteiger partial charge >= 0.3 is 0 Å². The maximum Gasteiger partial charge on any atom is 0.0414 e. The molecule has 2 heteroatoms. The van der Waals surface area contributed by atoms with Crippen molar-refractivity contribution < 1.29 is 0 Å². The molecule has 0 aromatic heterocycles. The molecule has 2 nitrogen and oxygen atoms in total. The van der Waals surface area contributed by atoms with Crippen LogP contribution in [0.25, 0.3) is 0 Å². The second-order valence-electron chi connectivity index (χ2n) is 6.55. The van der Waals surface area contributed by atoms with Crippen molar-refractivity contribution in [2.24, 2.45) is 5.92 Å². The summed E-state index contributed by atoms with van der Waals surface area (Å²) in [7, 11) is 0. The first kappa shape index (κ1) is 15.4. The topological polar surface area (TPSA) is 15.3 Å². The summed E-state index contributed by atoms with van der Waals surface area (Å²) in [6.07, 6.45) is 3.95. The van der Waals surface area contributed by atoms with E-state index in [0.29, 0.717) is 5.92 Å². The number of hydrogen-bond acceptors (Lipinski definition) is 2. The molecule has 2 rings (SSSR count). The van der Waals surface area contributed by atoms with E-state index in [1.54, 1.807) is 0 Å². The van der Waals surface area contributed by atoms with Crippen molar-refractivity contribution in [1.29, 1.82) is 0 Å². The molecule has 1 heterocycles. The predicted octanol–water partition coefficient (Wildman–Crippen LogP) is 4.12. The van der Waals surface area contributed by atoms with Gasteiger partial charge in [0.1, 0.15) is 0 Å². The summed E-state index contributed by atoms with van der Waals surface area (Å²) in [5.74, 6) is 0.707. The Kier molecular flexibility index (Phi) is 5.47. The number of benzene rings is 1. The van der Waals surface area contributed by atoms with Crippen molar-refractivity contribution in [3.63, 3.8) is 0 Å². The molecule has 0 spiro atoms. The second-order valence-corrected chi connectivity index (χ2v) is 6.55. The zero-order valence-corrected chi connectivity index (χ0v) is 13.6. The van der Waals surface area contributed by atoms with E-state index in [1.165, 1.54) is 42.6 Å². The van der Waals surface area contributed by atoms with Gasteiger partial charge in [0.25, 0.3) is 0 Å². The van der Waals surface area contributed by atoms with Crippen LogP contribution in [0.5, 0.6) is 0 Å². The molecule has 1 fully saturated rings. The normalized spacial score (nSPS) is 19.1. The van der Waals surface area contributed by atoms with Gasteiger partial charge in [-0.3, -0.25) is 0 Å². The number of nitrogens with zero attached hydrogens (tertiary/aromatic N) is 1. The van der Waals surface area contributed by atoms with Gasteiger partial charge in [-0.1, -0.05) is 38.5 Å². The van der Waals surface area contributed by atoms with Crippen LogP contribution in [0.4, 0.5) is 5.69 Å². The number of hydrogen-bond donors (Lipinski definition) is 1. The van der Waals surface area contributed by atoms with E-state index in [1.807, 2.05) is 0 Å². The first-order valence-corrected chi connectivity index (χ1v) is 8.18. The Bertz CT molecular complexity index is 425. The van der Waals surface area contributed by atoms with Gasteiger partial charge in [0.05, 0.1) is 0 Å². The molecule has 1 N–H and O–H groups in total. The quantitative estimate of drug-likeness (QED) is 0.839. The molecule has 20 heavy (non-hydrogen) atoms. The van der Waals surface area contributed by atoms with Crippen molar-refractivity contribution in [2.75, 3.05) is 18.0 Å². The number of rotatable bonds is 6. The minimum absolute atomic E-state index is 0.707. The molecule has 0 bridgehead atoms. The van der Waals surface area contributed by atoms with Crippen LogP contribution in [-0.2, 0) is 6.54 Å².